The second-order valence-corrected chi connectivity index (χ2v) is 1.60. The monoisotopic (exact) mass is 167 g/mol. The second-order valence-electron chi connectivity index (χ2n) is 1.60. The number of aliphatic hydroxyl groups is 1. The molecule has 52 valence electrons. The van der Waals surface area contributed by atoms with E-state index in [1.807, 2.05) is 0 Å². The molecule has 0 saturated carbocycles. The Kier molecular flexibility index (Phi) is 6.50. The summed E-state index contributed by atoms with van der Waals surface area (Å²) in [6.45, 7) is 1.33. The SMILES string of the molecule is CC(O)C(N)C(=O)O.[Ti]. The van der Waals surface area contributed by atoms with E-state index in [1.165, 1.54) is 6.92 Å². The van der Waals surface area contributed by atoms with Crippen molar-refractivity contribution in [2.45, 2.75) is 19.1 Å². The van der Waals surface area contributed by atoms with Crippen LogP contribution in [-0.2, 0) is 26.5 Å². The quantitative estimate of drug-likeness (QED) is 0.450. The maximum atomic E-state index is 9.86. The van der Waals surface area contributed by atoms with E-state index in [4.69, 9.17) is 15.9 Å². The second kappa shape index (κ2) is 4.93. The van der Waals surface area contributed by atoms with Crippen LogP contribution in [0.3, 0.4) is 0 Å². The predicted molar refractivity (Wildman–Crippen MR) is 27.3 cm³/mol. The first-order valence-corrected chi connectivity index (χ1v) is 2.22. The van der Waals surface area contributed by atoms with E-state index < -0.39 is 18.1 Å². The maximum absolute atomic E-state index is 9.86. The third-order valence-corrected chi connectivity index (χ3v) is 0.805. The summed E-state index contributed by atoms with van der Waals surface area (Å²) >= 11 is 0. The fourth-order valence-corrected chi connectivity index (χ4v) is 0.206. The first-order valence-electron chi connectivity index (χ1n) is 2.22. The van der Waals surface area contributed by atoms with Crippen molar-refractivity contribution in [1.82, 2.24) is 0 Å². The minimum atomic E-state index is -1.18. The molecule has 0 saturated heterocycles. The minimum Gasteiger partial charge on any atom is -0.480 e. The van der Waals surface area contributed by atoms with E-state index in [0.717, 1.165) is 0 Å². The molecule has 0 radical (unpaired) electrons. The van der Waals surface area contributed by atoms with E-state index >= 15 is 0 Å². The number of carboxylic acids is 1. The molecule has 0 aliphatic rings. The van der Waals surface area contributed by atoms with Crippen LogP contribution in [-0.4, -0.2) is 28.3 Å². The zero-order valence-electron chi connectivity index (χ0n) is 5.03. The summed E-state index contributed by atoms with van der Waals surface area (Å²) in [5.41, 5.74) is 4.91. The van der Waals surface area contributed by atoms with Gasteiger partial charge in [0.05, 0.1) is 6.10 Å². The number of carboxylic acid groups (broad SMARTS) is 1. The Morgan fingerprint density at radius 3 is 2.00 bits per heavy atom. The van der Waals surface area contributed by atoms with Crippen molar-refractivity contribution in [1.29, 1.82) is 0 Å². The molecule has 2 unspecified atom stereocenters. The number of rotatable bonds is 2. The molecule has 0 aromatic rings. The van der Waals surface area contributed by atoms with E-state index in [1.54, 1.807) is 0 Å². The Labute approximate surface area is 67.9 Å². The van der Waals surface area contributed by atoms with E-state index in [0.29, 0.717) is 0 Å². The first-order chi connectivity index (χ1) is 3.55. The maximum Gasteiger partial charge on any atom is 0.323 e. The molecule has 0 rings (SSSR count). The van der Waals surface area contributed by atoms with Gasteiger partial charge in [0.2, 0.25) is 0 Å². The summed E-state index contributed by atoms with van der Waals surface area (Å²) in [4.78, 5) is 9.86. The Hall–Kier alpha value is 0.104. The zero-order valence-corrected chi connectivity index (χ0v) is 6.60. The van der Waals surface area contributed by atoms with E-state index in [2.05, 4.69) is 0 Å². The van der Waals surface area contributed by atoms with Gasteiger partial charge in [-0.25, -0.2) is 0 Å². The molecule has 0 fully saturated rings. The molecule has 0 aromatic carbocycles. The van der Waals surface area contributed by atoms with Crippen LogP contribution in [0.4, 0.5) is 0 Å². The van der Waals surface area contributed by atoms with Crippen molar-refractivity contribution in [3.8, 4) is 0 Å². The number of carbonyl (C=O) groups is 1. The summed E-state index contributed by atoms with van der Waals surface area (Å²) in [6, 6.07) is -1.16. The summed E-state index contributed by atoms with van der Waals surface area (Å²) in [7, 11) is 0. The van der Waals surface area contributed by atoms with E-state index in [-0.39, 0.29) is 21.7 Å². The predicted octanol–water partition coefficient (Wildman–Crippen LogP) is -1.22. The molecule has 4 nitrogen and oxygen atoms in total. The number of hydrogen-bond donors (Lipinski definition) is 3. The molecule has 5 heteroatoms. The van der Waals surface area contributed by atoms with Crippen LogP contribution in [0, 0.1) is 0 Å². The van der Waals surface area contributed by atoms with Crippen LogP contribution in [0.2, 0.25) is 0 Å². The van der Waals surface area contributed by atoms with Crippen LogP contribution >= 0.6 is 0 Å². The molecule has 9 heavy (non-hydrogen) atoms. The van der Waals surface area contributed by atoms with Gasteiger partial charge in [0, 0.05) is 21.7 Å². The van der Waals surface area contributed by atoms with Gasteiger partial charge in [-0.2, -0.15) is 0 Å². The minimum absolute atomic E-state index is 0. The van der Waals surface area contributed by atoms with E-state index in [9.17, 15) is 4.79 Å². The summed E-state index contributed by atoms with van der Waals surface area (Å²) in [5.74, 6) is -1.18. The molecule has 0 aliphatic carbocycles. The number of aliphatic carboxylic acids is 1. The Bertz CT molecular complexity index is 95.8. The van der Waals surface area contributed by atoms with Gasteiger partial charge in [0.15, 0.2) is 0 Å². The van der Waals surface area contributed by atoms with Gasteiger partial charge in [0.1, 0.15) is 6.04 Å². The van der Waals surface area contributed by atoms with Crippen molar-refractivity contribution in [2.75, 3.05) is 0 Å². The van der Waals surface area contributed by atoms with Gasteiger partial charge in [-0.3, -0.25) is 4.79 Å². The summed E-state index contributed by atoms with van der Waals surface area (Å²) in [5, 5.41) is 16.6. The standard InChI is InChI=1S/C4H9NO3.Ti/c1-2(6)3(5)4(7)8;/h2-3,6H,5H2,1H3,(H,7,8);. The van der Waals surface area contributed by atoms with Crippen LogP contribution in [0.15, 0.2) is 0 Å². The van der Waals surface area contributed by atoms with Crippen LogP contribution < -0.4 is 5.73 Å². The number of hydrogen-bond acceptors (Lipinski definition) is 3. The molecule has 0 aliphatic heterocycles. The number of aliphatic hydroxyl groups excluding tert-OH is 1. The molecule has 0 amide bonds. The third-order valence-electron chi connectivity index (χ3n) is 0.805. The molecule has 0 heterocycles. The van der Waals surface area contributed by atoms with Crippen molar-refractivity contribution in [2.24, 2.45) is 5.73 Å². The van der Waals surface area contributed by atoms with Crippen molar-refractivity contribution in [3.63, 3.8) is 0 Å². The smallest absolute Gasteiger partial charge is 0.323 e. The van der Waals surface area contributed by atoms with Gasteiger partial charge in [-0.15, -0.1) is 0 Å². The molecule has 2 atom stereocenters. The van der Waals surface area contributed by atoms with Gasteiger partial charge in [-0.1, -0.05) is 0 Å². The summed E-state index contributed by atoms with van der Waals surface area (Å²) < 4.78 is 0. The molecule has 0 spiro atoms. The largest absolute Gasteiger partial charge is 0.480 e. The zero-order chi connectivity index (χ0) is 6.73. The van der Waals surface area contributed by atoms with Crippen LogP contribution in [0.1, 0.15) is 6.92 Å². The average molecular weight is 167 g/mol. The molecular weight excluding hydrogens is 158 g/mol. The van der Waals surface area contributed by atoms with Gasteiger partial charge >= 0.3 is 5.97 Å². The molecular formula is C4H9NO3Ti. The Morgan fingerprint density at radius 2 is 2.00 bits per heavy atom. The molecule has 4 N–H and O–H groups in total. The Morgan fingerprint density at radius 1 is 1.67 bits per heavy atom. The number of nitrogens with two attached hydrogens (primary N) is 1. The fourth-order valence-electron chi connectivity index (χ4n) is 0.206. The van der Waals surface area contributed by atoms with Crippen molar-refractivity contribution < 1.29 is 36.7 Å². The van der Waals surface area contributed by atoms with Crippen LogP contribution in [0.5, 0.6) is 0 Å². The van der Waals surface area contributed by atoms with Gasteiger partial charge in [0.25, 0.3) is 0 Å². The van der Waals surface area contributed by atoms with Crippen molar-refractivity contribution >= 4 is 5.97 Å². The topological polar surface area (TPSA) is 83.5 Å². The fraction of sp³-hybridized carbons (Fsp3) is 0.750. The van der Waals surface area contributed by atoms with Gasteiger partial charge in [-0.05, 0) is 6.92 Å². The van der Waals surface area contributed by atoms with Crippen LogP contribution in [0.25, 0.3) is 0 Å². The Balaban J connectivity index is 0. The average Bonchev–Trinajstić information content (AvgIpc) is 1.64. The van der Waals surface area contributed by atoms with Crippen molar-refractivity contribution in [3.05, 3.63) is 0 Å². The third kappa shape index (κ3) is 4.60. The molecule has 0 bridgehead atoms. The normalized spacial score (nSPS) is 15.4. The van der Waals surface area contributed by atoms with Gasteiger partial charge < -0.3 is 15.9 Å². The molecule has 0 aromatic heterocycles. The summed E-state index contributed by atoms with van der Waals surface area (Å²) in [6.07, 6.45) is -0.979. The first kappa shape index (κ1) is 11.8.